The van der Waals surface area contributed by atoms with Gasteiger partial charge in [0, 0.05) is 30.9 Å². The molecule has 0 unspecified atom stereocenters. The van der Waals surface area contributed by atoms with Gasteiger partial charge in [-0.25, -0.2) is 0 Å². The highest BCUT2D eigenvalue weighted by molar-refractivity contribution is 5.67. The Morgan fingerprint density at radius 2 is 2.15 bits per heavy atom. The van der Waals surface area contributed by atoms with Crippen molar-refractivity contribution >= 4 is 0 Å². The van der Waals surface area contributed by atoms with Gasteiger partial charge in [-0.15, -0.1) is 0 Å². The third-order valence-corrected chi connectivity index (χ3v) is 3.35. The van der Waals surface area contributed by atoms with Crippen LogP contribution in [-0.2, 0) is 13.6 Å². The van der Waals surface area contributed by atoms with Gasteiger partial charge in [-0.1, -0.05) is 13.0 Å². The highest BCUT2D eigenvalue weighted by atomic mass is 16.5. The van der Waals surface area contributed by atoms with E-state index in [1.165, 1.54) is 16.7 Å². The van der Waals surface area contributed by atoms with E-state index in [0.29, 0.717) is 0 Å². The van der Waals surface area contributed by atoms with Crippen molar-refractivity contribution in [2.45, 2.75) is 26.8 Å². The number of methoxy groups -OCH3 is 1. The van der Waals surface area contributed by atoms with Crippen molar-refractivity contribution in [3.05, 3.63) is 35.7 Å². The van der Waals surface area contributed by atoms with Gasteiger partial charge in [0.1, 0.15) is 5.75 Å². The van der Waals surface area contributed by atoms with Crippen molar-refractivity contribution in [2.75, 3.05) is 13.7 Å². The van der Waals surface area contributed by atoms with E-state index >= 15 is 0 Å². The second-order valence-electron chi connectivity index (χ2n) is 5.01. The summed E-state index contributed by atoms with van der Waals surface area (Å²) in [6.45, 7) is 6.04. The molecule has 0 amide bonds. The molecule has 0 fully saturated rings. The van der Waals surface area contributed by atoms with Crippen molar-refractivity contribution < 1.29 is 4.74 Å². The molecule has 20 heavy (non-hydrogen) atoms. The highest BCUT2D eigenvalue weighted by Crippen LogP contribution is 2.28. The zero-order chi connectivity index (χ0) is 14.5. The van der Waals surface area contributed by atoms with Gasteiger partial charge in [0.25, 0.3) is 0 Å². The monoisotopic (exact) mass is 273 g/mol. The molecule has 1 aromatic heterocycles. The topological polar surface area (TPSA) is 39.1 Å². The van der Waals surface area contributed by atoms with E-state index in [4.69, 9.17) is 4.74 Å². The quantitative estimate of drug-likeness (QED) is 0.823. The zero-order valence-electron chi connectivity index (χ0n) is 12.7. The standard InChI is InChI=1S/C16H23N3O/c1-5-8-17-10-14-9-13(6-7-16(14)20-4)15-11-19(3)18-12(15)2/h6-7,9,11,17H,5,8,10H2,1-4H3. The SMILES string of the molecule is CCCNCc1cc(-c2cn(C)nc2C)ccc1OC. The zero-order valence-corrected chi connectivity index (χ0v) is 12.7. The maximum Gasteiger partial charge on any atom is 0.123 e. The largest absolute Gasteiger partial charge is 0.496 e. The van der Waals surface area contributed by atoms with Crippen LogP contribution in [0.15, 0.2) is 24.4 Å². The molecule has 0 spiro atoms. The average Bonchev–Trinajstić information content (AvgIpc) is 2.78. The maximum absolute atomic E-state index is 5.44. The number of ether oxygens (including phenoxy) is 1. The van der Waals surface area contributed by atoms with Crippen LogP contribution in [0.2, 0.25) is 0 Å². The van der Waals surface area contributed by atoms with E-state index in [1.807, 2.05) is 24.7 Å². The van der Waals surface area contributed by atoms with E-state index in [2.05, 4.69) is 35.7 Å². The minimum atomic E-state index is 0.824. The fourth-order valence-electron chi connectivity index (χ4n) is 2.37. The molecule has 0 saturated heterocycles. The molecule has 108 valence electrons. The molecule has 0 bridgehead atoms. The minimum absolute atomic E-state index is 0.824. The Morgan fingerprint density at radius 3 is 2.75 bits per heavy atom. The Bertz CT molecular complexity index is 575. The molecule has 4 nitrogen and oxygen atoms in total. The molecule has 0 aliphatic heterocycles. The Labute approximate surface area is 120 Å². The lowest BCUT2D eigenvalue weighted by molar-refractivity contribution is 0.408. The van der Waals surface area contributed by atoms with Crippen LogP contribution in [0, 0.1) is 6.92 Å². The van der Waals surface area contributed by atoms with Gasteiger partial charge in [0.05, 0.1) is 12.8 Å². The first kappa shape index (κ1) is 14.6. The molecule has 1 aromatic carbocycles. The molecule has 0 aliphatic rings. The van der Waals surface area contributed by atoms with Gasteiger partial charge in [0.15, 0.2) is 0 Å². The van der Waals surface area contributed by atoms with Gasteiger partial charge in [-0.2, -0.15) is 5.10 Å². The summed E-state index contributed by atoms with van der Waals surface area (Å²) in [7, 11) is 3.66. The first-order chi connectivity index (χ1) is 9.65. The molecule has 2 rings (SSSR count). The van der Waals surface area contributed by atoms with Crippen LogP contribution in [0.1, 0.15) is 24.6 Å². The lowest BCUT2D eigenvalue weighted by atomic mass is 10.0. The van der Waals surface area contributed by atoms with Gasteiger partial charge < -0.3 is 10.1 Å². The molecular weight excluding hydrogens is 250 g/mol. The second-order valence-corrected chi connectivity index (χ2v) is 5.01. The molecule has 0 saturated carbocycles. The van der Waals surface area contributed by atoms with Crippen LogP contribution < -0.4 is 10.1 Å². The predicted octanol–water partition coefficient (Wildman–Crippen LogP) is 2.90. The third-order valence-electron chi connectivity index (χ3n) is 3.35. The number of hydrogen-bond acceptors (Lipinski definition) is 3. The van der Waals surface area contributed by atoms with E-state index in [-0.39, 0.29) is 0 Å². The Kier molecular flexibility index (Phi) is 4.79. The van der Waals surface area contributed by atoms with Crippen molar-refractivity contribution in [1.82, 2.24) is 15.1 Å². The molecule has 0 aliphatic carbocycles. The smallest absolute Gasteiger partial charge is 0.123 e. The summed E-state index contributed by atoms with van der Waals surface area (Å²) >= 11 is 0. The third kappa shape index (κ3) is 3.20. The molecule has 2 aromatic rings. The number of rotatable bonds is 6. The average molecular weight is 273 g/mol. The number of nitrogens with one attached hydrogen (secondary N) is 1. The predicted molar refractivity (Wildman–Crippen MR) is 81.9 cm³/mol. The van der Waals surface area contributed by atoms with Gasteiger partial charge in [-0.05, 0) is 37.6 Å². The molecular formula is C16H23N3O. The Hall–Kier alpha value is -1.81. The van der Waals surface area contributed by atoms with Crippen LogP contribution in [0.4, 0.5) is 0 Å². The summed E-state index contributed by atoms with van der Waals surface area (Å²) in [5.74, 6) is 0.930. The van der Waals surface area contributed by atoms with Crippen molar-refractivity contribution in [1.29, 1.82) is 0 Å². The van der Waals surface area contributed by atoms with Crippen molar-refractivity contribution in [3.8, 4) is 16.9 Å². The fourth-order valence-corrected chi connectivity index (χ4v) is 2.37. The summed E-state index contributed by atoms with van der Waals surface area (Å²) in [5, 5.41) is 7.83. The summed E-state index contributed by atoms with van der Waals surface area (Å²) < 4.78 is 7.29. The first-order valence-corrected chi connectivity index (χ1v) is 7.04. The second kappa shape index (κ2) is 6.57. The van der Waals surface area contributed by atoms with Crippen molar-refractivity contribution in [3.63, 3.8) is 0 Å². The van der Waals surface area contributed by atoms with Gasteiger partial charge in [-0.3, -0.25) is 4.68 Å². The summed E-state index contributed by atoms with van der Waals surface area (Å²) in [6.07, 6.45) is 3.18. The Balaban J connectivity index is 2.31. The van der Waals surface area contributed by atoms with Crippen molar-refractivity contribution in [2.24, 2.45) is 7.05 Å². The Morgan fingerprint density at radius 1 is 1.35 bits per heavy atom. The van der Waals surface area contributed by atoms with E-state index in [0.717, 1.165) is 31.0 Å². The van der Waals surface area contributed by atoms with Gasteiger partial charge in [0.2, 0.25) is 0 Å². The summed E-state index contributed by atoms with van der Waals surface area (Å²) in [6, 6.07) is 6.31. The molecule has 1 heterocycles. The van der Waals surface area contributed by atoms with Crippen LogP contribution in [0.25, 0.3) is 11.1 Å². The van der Waals surface area contributed by atoms with E-state index < -0.39 is 0 Å². The minimum Gasteiger partial charge on any atom is -0.496 e. The molecule has 0 atom stereocenters. The highest BCUT2D eigenvalue weighted by Gasteiger charge is 2.09. The number of aryl methyl sites for hydroxylation is 2. The lowest BCUT2D eigenvalue weighted by Crippen LogP contribution is -2.14. The van der Waals surface area contributed by atoms with Crippen LogP contribution in [-0.4, -0.2) is 23.4 Å². The molecule has 1 N–H and O–H groups in total. The number of aromatic nitrogens is 2. The lowest BCUT2D eigenvalue weighted by Gasteiger charge is -2.11. The normalized spacial score (nSPS) is 10.8. The summed E-state index contributed by atoms with van der Waals surface area (Å²) in [5.41, 5.74) is 4.59. The van der Waals surface area contributed by atoms with E-state index in [1.54, 1.807) is 7.11 Å². The molecule has 0 radical (unpaired) electrons. The van der Waals surface area contributed by atoms with Crippen LogP contribution >= 0.6 is 0 Å². The fraction of sp³-hybridized carbons (Fsp3) is 0.438. The van der Waals surface area contributed by atoms with Crippen LogP contribution in [0.3, 0.4) is 0 Å². The number of nitrogens with zero attached hydrogens (tertiary/aromatic N) is 2. The van der Waals surface area contributed by atoms with Crippen LogP contribution in [0.5, 0.6) is 5.75 Å². The molecule has 4 heteroatoms. The maximum atomic E-state index is 5.44. The number of benzene rings is 1. The van der Waals surface area contributed by atoms with Gasteiger partial charge >= 0.3 is 0 Å². The van der Waals surface area contributed by atoms with E-state index in [9.17, 15) is 0 Å². The summed E-state index contributed by atoms with van der Waals surface area (Å²) in [4.78, 5) is 0. The number of hydrogen-bond donors (Lipinski definition) is 1. The first-order valence-electron chi connectivity index (χ1n) is 7.04.